The number of hydrogen-bond donors (Lipinski definition) is 2. The summed E-state index contributed by atoms with van der Waals surface area (Å²) in [7, 11) is 3.08. The molecule has 2 amide bonds. The molecule has 0 bridgehead atoms. The van der Waals surface area contributed by atoms with Crippen LogP contribution in [0.15, 0.2) is 18.2 Å². The second kappa shape index (κ2) is 11.0. The lowest BCUT2D eigenvalue weighted by Gasteiger charge is -2.19. The number of ether oxygens (including phenoxy) is 4. The predicted octanol–water partition coefficient (Wildman–Crippen LogP) is 4.53. The Kier molecular flexibility index (Phi) is 8.69. The SMILES string of the molecule is CCOC(=O)c1c(NC(=O)NCc2ccc(OC)cc2OC)sc(C(=O)OC(C)(C)C)c1C. The minimum absolute atomic E-state index is 0.125. The molecule has 10 heteroatoms. The molecule has 0 aliphatic rings. The molecule has 0 unspecified atom stereocenters. The molecule has 2 rings (SSSR count). The van der Waals surface area contributed by atoms with Crippen molar-refractivity contribution in [2.45, 2.75) is 46.8 Å². The van der Waals surface area contributed by atoms with Crippen LogP contribution in [0.25, 0.3) is 0 Å². The zero-order chi connectivity index (χ0) is 24.8. The zero-order valence-corrected chi connectivity index (χ0v) is 20.7. The van der Waals surface area contributed by atoms with Crippen LogP contribution in [-0.2, 0) is 16.0 Å². The number of urea groups is 1. The molecule has 0 saturated heterocycles. The van der Waals surface area contributed by atoms with Crippen molar-refractivity contribution >= 4 is 34.3 Å². The first kappa shape index (κ1) is 26.0. The van der Waals surface area contributed by atoms with E-state index in [0.717, 1.165) is 16.9 Å². The van der Waals surface area contributed by atoms with Gasteiger partial charge in [-0.05, 0) is 52.3 Å². The number of carbonyl (C=O) groups excluding carboxylic acids is 3. The van der Waals surface area contributed by atoms with Crippen molar-refractivity contribution < 1.29 is 33.3 Å². The molecule has 9 nitrogen and oxygen atoms in total. The Morgan fingerprint density at radius 2 is 1.76 bits per heavy atom. The molecular weight excluding hydrogens is 448 g/mol. The minimum Gasteiger partial charge on any atom is -0.497 e. The number of anilines is 1. The topological polar surface area (TPSA) is 112 Å². The lowest BCUT2D eigenvalue weighted by Crippen LogP contribution is -2.28. The number of benzene rings is 1. The third-order valence-electron chi connectivity index (χ3n) is 4.37. The normalized spacial score (nSPS) is 10.9. The Labute approximate surface area is 197 Å². The van der Waals surface area contributed by atoms with Crippen LogP contribution in [0.2, 0.25) is 0 Å². The molecule has 2 N–H and O–H groups in total. The third kappa shape index (κ3) is 6.85. The van der Waals surface area contributed by atoms with Crippen LogP contribution in [0, 0.1) is 6.92 Å². The van der Waals surface area contributed by atoms with Crippen LogP contribution >= 0.6 is 11.3 Å². The van der Waals surface area contributed by atoms with Gasteiger partial charge in [-0.2, -0.15) is 0 Å². The smallest absolute Gasteiger partial charge is 0.349 e. The first-order valence-corrected chi connectivity index (χ1v) is 11.1. The summed E-state index contributed by atoms with van der Waals surface area (Å²) in [6.45, 7) is 8.86. The number of nitrogens with one attached hydrogen (secondary N) is 2. The summed E-state index contributed by atoms with van der Waals surface area (Å²) in [6, 6.07) is 4.68. The summed E-state index contributed by atoms with van der Waals surface area (Å²) < 4.78 is 21.1. The van der Waals surface area contributed by atoms with Crippen LogP contribution < -0.4 is 20.1 Å². The highest BCUT2D eigenvalue weighted by Crippen LogP contribution is 2.35. The van der Waals surface area contributed by atoms with E-state index in [1.165, 1.54) is 7.11 Å². The van der Waals surface area contributed by atoms with Crippen molar-refractivity contribution in [1.29, 1.82) is 0 Å². The summed E-state index contributed by atoms with van der Waals surface area (Å²) >= 11 is 0.963. The molecule has 0 radical (unpaired) electrons. The average Bonchev–Trinajstić information content (AvgIpc) is 3.06. The first-order valence-electron chi connectivity index (χ1n) is 10.3. The molecule has 0 aliphatic heterocycles. The maximum absolute atomic E-state index is 12.6. The van der Waals surface area contributed by atoms with Crippen molar-refractivity contribution in [2.75, 3.05) is 26.1 Å². The molecule has 0 atom stereocenters. The van der Waals surface area contributed by atoms with Gasteiger partial charge in [0.15, 0.2) is 0 Å². The van der Waals surface area contributed by atoms with Gasteiger partial charge in [0.05, 0.1) is 26.4 Å². The Morgan fingerprint density at radius 3 is 2.33 bits per heavy atom. The summed E-state index contributed by atoms with van der Waals surface area (Å²) in [6.07, 6.45) is 0. The number of rotatable bonds is 8. The molecule has 0 saturated carbocycles. The number of methoxy groups -OCH3 is 2. The highest BCUT2D eigenvalue weighted by atomic mass is 32.1. The number of thiophene rings is 1. The van der Waals surface area contributed by atoms with Gasteiger partial charge in [-0.25, -0.2) is 14.4 Å². The zero-order valence-electron chi connectivity index (χ0n) is 19.9. The van der Waals surface area contributed by atoms with Crippen molar-refractivity contribution in [3.05, 3.63) is 39.8 Å². The van der Waals surface area contributed by atoms with Crippen molar-refractivity contribution in [2.24, 2.45) is 0 Å². The van der Waals surface area contributed by atoms with E-state index < -0.39 is 23.6 Å². The van der Waals surface area contributed by atoms with E-state index >= 15 is 0 Å². The third-order valence-corrected chi connectivity index (χ3v) is 5.56. The lowest BCUT2D eigenvalue weighted by molar-refractivity contribution is 0.00744. The number of esters is 2. The Hall–Kier alpha value is -3.27. The van der Waals surface area contributed by atoms with Gasteiger partial charge in [-0.15, -0.1) is 11.3 Å². The molecule has 180 valence electrons. The average molecular weight is 479 g/mol. The number of hydrogen-bond acceptors (Lipinski definition) is 8. The summed E-state index contributed by atoms with van der Waals surface area (Å²) in [5.41, 5.74) is 0.538. The van der Waals surface area contributed by atoms with Gasteiger partial charge in [0.2, 0.25) is 0 Å². The monoisotopic (exact) mass is 478 g/mol. The summed E-state index contributed by atoms with van der Waals surface area (Å²) in [5, 5.41) is 5.57. The van der Waals surface area contributed by atoms with Crippen LogP contribution in [0.4, 0.5) is 9.80 Å². The fourth-order valence-electron chi connectivity index (χ4n) is 2.89. The first-order chi connectivity index (χ1) is 15.5. The Morgan fingerprint density at radius 1 is 1.06 bits per heavy atom. The van der Waals surface area contributed by atoms with Gasteiger partial charge < -0.3 is 24.3 Å². The van der Waals surface area contributed by atoms with Gasteiger partial charge in [-0.3, -0.25) is 5.32 Å². The fourth-order valence-corrected chi connectivity index (χ4v) is 3.96. The largest absolute Gasteiger partial charge is 0.497 e. The Bertz CT molecular complexity index is 1020. The van der Waals surface area contributed by atoms with Crippen LogP contribution in [0.5, 0.6) is 11.5 Å². The van der Waals surface area contributed by atoms with Gasteiger partial charge in [0.1, 0.15) is 27.0 Å². The van der Waals surface area contributed by atoms with Crippen molar-refractivity contribution in [3.8, 4) is 11.5 Å². The molecule has 0 spiro atoms. The standard InChI is InChI=1S/C23H30N2O7S/c1-8-31-20(26)17-13(2)18(21(27)32-23(3,4)5)33-19(17)25-22(28)24-12-14-9-10-15(29-6)11-16(14)30-7/h9-11H,8,12H2,1-7H3,(H2,24,25,28). The summed E-state index contributed by atoms with van der Waals surface area (Å²) in [4.78, 5) is 38.0. The highest BCUT2D eigenvalue weighted by molar-refractivity contribution is 7.18. The van der Waals surface area contributed by atoms with E-state index in [9.17, 15) is 14.4 Å². The molecule has 1 aromatic carbocycles. The van der Waals surface area contributed by atoms with Gasteiger partial charge in [0, 0.05) is 18.2 Å². The number of carbonyl (C=O) groups is 3. The maximum Gasteiger partial charge on any atom is 0.349 e. The van der Waals surface area contributed by atoms with Gasteiger partial charge in [0.25, 0.3) is 0 Å². The van der Waals surface area contributed by atoms with E-state index in [1.807, 2.05) is 0 Å². The van der Waals surface area contributed by atoms with Crippen molar-refractivity contribution in [3.63, 3.8) is 0 Å². The molecule has 0 fully saturated rings. The molecule has 2 aromatic rings. The van der Waals surface area contributed by atoms with Crippen LogP contribution in [0.1, 0.15) is 58.9 Å². The highest BCUT2D eigenvalue weighted by Gasteiger charge is 2.29. The van der Waals surface area contributed by atoms with Gasteiger partial charge in [-0.1, -0.05) is 0 Å². The second-order valence-corrected chi connectivity index (χ2v) is 8.99. The molecule has 0 aliphatic carbocycles. The second-order valence-electron chi connectivity index (χ2n) is 7.97. The van der Waals surface area contributed by atoms with E-state index in [0.29, 0.717) is 17.1 Å². The van der Waals surface area contributed by atoms with Crippen LogP contribution in [0.3, 0.4) is 0 Å². The van der Waals surface area contributed by atoms with E-state index in [1.54, 1.807) is 59.9 Å². The van der Waals surface area contributed by atoms with Crippen LogP contribution in [-0.4, -0.2) is 44.4 Å². The molecular formula is C23H30N2O7S. The molecule has 1 heterocycles. The lowest BCUT2D eigenvalue weighted by atomic mass is 10.1. The summed E-state index contributed by atoms with van der Waals surface area (Å²) in [5.74, 6) is -0.0240. The van der Waals surface area contributed by atoms with E-state index in [-0.39, 0.29) is 28.6 Å². The van der Waals surface area contributed by atoms with E-state index in [2.05, 4.69) is 10.6 Å². The Balaban J connectivity index is 2.24. The van der Waals surface area contributed by atoms with E-state index in [4.69, 9.17) is 18.9 Å². The quantitative estimate of drug-likeness (QED) is 0.536. The molecule has 33 heavy (non-hydrogen) atoms. The number of amides is 2. The fraction of sp³-hybridized carbons (Fsp3) is 0.435. The predicted molar refractivity (Wildman–Crippen MR) is 126 cm³/mol. The minimum atomic E-state index is -0.708. The van der Waals surface area contributed by atoms with Crippen molar-refractivity contribution in [1.82, 2.24) is 5.32 Å². The molecule has 1 aromatic heterocycles. The van der Waals surface area contributed by atoms with Gasteiger partial charge >= 0.3 is 18.0 Å². The maximum atomic E-state index is 12.6.